The van der Waals surface area contributed by atoms with Crippen LogP contribution in [0.25, 0.3) is 11.4 Å². The maximum Gasteiger partial charge on any atom is 0.168 e. The molecule has 0 spiro atoms. The van der Waals surface area contributed by atoms with E-state index in [1.54, 1.807) is 10.8 Å². The Balaban J connectivity index is 2.07. The Morgan fingerprint density at radius 2 is 2.24 bits per heavy atom. The molecule has 0 radical (unpaired) electrons. The summed E-state index contributed by atoms with van der Waals surface area (Å²) in [5.41, 5.74) is -0.696. The maximum atomic E-state index is 10.5. The number of hydrogen-bond acceptors (Lipinski definition) is 7. The Labute approximate surface area is 125 Å². The molecule has 114 valence electrons. The van der Waals surface area contributed by atoms with Crippen LogP contribution in [-0.2, 0) is 4.74 Å². The summed E-state index contributed by atoms with van der Waals surface area (Å²) in [4.78, 5) is 8.62. The lowest BCUT2D eigenvalue weighted by Gasteiger charge is -2.29. The van der Waals surface area contributed by atoms with Crippen LogP contribution < -0.4 is 0 Å². The fourth-order valence-electron chi connectivity index (χ4n) is 2.66. The van der Waals surface area contributed by atoms with Gasteiger partial charge in [-0.15, -0.1) is 11.8 Å². The van der Waals surface area contributed by atoms with Crippen molar-refractivity contribution in [2.45, 2.75) is 36.0 Å². The fraction of sp³-hybridized carbons (Fsp3) is 0.538. The highest BCUT2D eigenvalue weighted by Crippen LogP contribution is 2.41. The average molecular weight is 311 g/mol. The van der Waals surface area contributed by atoms with E-state index in [0.717, 1.165) is 10.6 Å². The van der Waals surface area contributed by atoms with Crippen LogP contribution in [0.2, 0.25) is 0 Å². The standard InChI is InChI=1S/C13H17N3O4S/c1-13(19)9(18)8(5-17)20-12(13)16-6-15-11(21-2)7-3-4-14-10(7)16/h3-4,6,8-9,12,17-19H,5H2,1-2H3/t8?,9?,12?,13-/m1/s1. The van der Waals surface area contributed by atoms with Crippen molar-refractivity contribution in [3.63, 3.8) is 0 Å². The molecule has 7 nitrogen and oxygen atoms in total. The average Bonchev–Trinajstić information content (AvgIpc) is 3.03. The van der Waals surface area contributed by atoms with Crippen molar-refractivity contribution >= 4 is 11.8 Å². The van der Waals surface area contributed by atoms with Crippen LogP contribution in [0.1, 0.15) is 13.2 Å². The summed E-state index contributed by atoms with van der Waals surface area (Å²) in [6.07, 6.45) is 2.21. The molecule has 0 aromatic rings. The molecule has 0 aromatic carbocycles. The maximum absolute atomic E-state index is 10.5. The Hall–Kier alpha value is -1.19. The molecule has 1 fully saturated rings. The van der Waals surface area contributed by atoms with Gasteiger partial charge in [0.15, 0.2) is 6.23 Å². The van der Waals surface area contributed by atoms with Crippen LogP contribution in [0.5, 0.6) is 0 Å². The summed E-state index contributed by atoms with van der Waals surface area (Å²) in [5, 5.41) is 30.7. The Morgan fingerprint density at radius 3 is 2.86 bits per heavy atom. The first-order valence-electron chi connectivity index (χ1n) is 6.53. The number of nitrogens with zero attached hydrogens (tertiary/aromatic N) is 3. The number of fused-ring (bicyclic) bond motifs is 1. The zero-order chi connectivity index (χ0) is 15.2. The molecule has 0 aliphatic carbocycles. The van der Waals surface area contributed by atoms with E-state index in [9.17, 15) is 15.3 Å². The summed E-state index contributed by atoms with van der Waals surface area (Å²) in [5.74, 6) is 0.616. The number of aliphatic hydroxyl groups is 3. The summed E-state index contributed by atoms with van der Waals surface area (Å²) >= 11 is 1.50. The molecule has 0 aromatic heterocycles. The van der Waals surface area contributed by atoms with Crippen molar-refractivity contribution < 1.29 is 20.1 Å². The minimum absolute atomic E-state index is 0.373. The second kappa shape index (κ2) is 5.22. The molecule has 8 heteroatoms. The van der Waals surface area contributed by atoms with Gasteiger partial charge in [0, 0.05) is 6.20 Å². The van der Waals surface area contributed by atoms with Gasteiger partial charge in [0.05, 0.1) is 18.5 Å². The molecule has 3 aliphatic rings. The number of hydrogen-bond donors (Lipinski definition) is 3. The van der Waals surface area contributed by atoms with E-state index in [0.29, 0.717) is 5.82 Å². The van der Waals surface area contributed by atoms with Crippen molar-refractivity contribution in [2.24, 2.45) is 0 Å². The first kappa shape index (κ1) is 14.7. The molecule has 0 amide bonds. The zero-order valence-corrected chi connectivity index (χ0v) is 12.5. The van der Waals surface area contributed by atoms with E-state index < -0.39 is 24.0 Å². The van der Waals surface area contributed by atoms with Crippen LogP contribution in [0.15, 0.2) is 23.6 Å². The monoisotopic (exact) mass is 311 g/mol. The van der Waals surface area contributed by atoms with Gasteiger partial charge < -0.3 is 20.1 Å². The molecular weight excluding hydrogens is 294 g/mol. The summed E-state index contributed by atoms with van der Waals surface area (Å²) in [7, 11) is 0. The van der Waals surface area contributed by atoms with Crippen molar-refractivity contribution in [3.05, 3.63) is 18.6 Å². The van der Waals surface area contributed by atoms with Crippen molar-refractivity contribution in [1.29, 1.82) is 0 Å². The molecule has 3 rings (SSSR count). The molecule has 0 bridgehead atoms. The molecule has 0 saturated carbocycles. The van der Waals surface area contributed by atoms with Gasteiger partial charge in [-0.3, -0.25) is 4.57 Å². The normalized spacial score (nSPS) is 32.9. The van der Waals surface area contributed by atoms with Crippen molar-refractivity contribution in [3.8, 4) is 11.4 Å². The lowest BCUT2D eigenvalue weighted by molar-refractivity contribution is -0.0968. The van der Waals surface area contributed by atoms with Crippen LogP contribution in [-0.4, -0.2) is 60.5 Å². The highest BCUT2D eigenvalue weighted by Gasteiger charge is 2.53. The van der Waals surface area contributed by atoms with Gasteiger partial charge in [0.25, 0.3) is 0 Å². The number of ether oxygens (including phenoxy) is 1. The van der Waals surface area contributed by atoms with E-state index in [-0.39, 0.29) is 6.61 Å². The lowest BCUT2D eigenvalue weighted by atomic mass is 9.96. The van der Waals surface area contributed by atoms with Gasteiger partial charge in [-0.2, -0.15) is 0 Å². The molecule has 3 unspecified atom stereocenters. The van der Waals surface area contributed by atoms with Gasteiger partial charge in [-0.25, -0.2) is 9.97 Å². The van der Waals surface area contributed by atoms with Gasteiger partial charge in [0.2, 0.25) is 0 Å². The second-order valence-electron chi connectivity index (χ2n) is 5.22. The topological polar surface area (TPSA) is 101 Å². The number of thioether (sulfide) groups is 1. The predicted molar refractivity (Wildman–Crippen MR) is 76.1 cm³/mol. The van der Waals surface area contributed by atoms with E-state index in [1.807, 2.05) is 12.3 Å². The molecule has 4 atom stereocenters. The molecule has 3 aliphatic heterocycles. The third-order valence-corrected chi connectivity index (χ3v) is 4.55. The molecule has 21 heavy (non-hydrogen) atoms. The lowest BCUT2D eigenvalue weighted by Crippen LogP contribution is -2.44. The third-order valence-electron chi connectivity index (χ3n) is 3.83. The van der Waals surface area contributed by atoms with Crippen molar-refractivity contribution in [2.75, 3.05) is 12.9 Å². The highest BCUT2D eigenvalue weighted by molar-refractivity contribution is 7.98. The van der Waals surface area contributed by atoms with E-state index in [2.05, 4.69) is 9.97 Å². The van der Waals surface area contributed by atoms with E-state index in [4.69, 9.17) is 4.74 Å². The predicted octanol–water partition coefficient (Wildman–Crippen LogP) is 0.106. The Bertz CT molecular complexity index is 618. The summed E-state index contributed by atoms with van der Waals surface area (Å²) < 4.78 is 7.19. The summed E-state index contributed by atoms with van der Waals surface area (Å²) in [6.45, 7) is 1.10. The molecule has 3 N–H and O–H groups in total. The third kappa shape index (κ3) is 2.14. The first-order chi connectivity index (χ1) is 10.0. The second-order valence-corrected chi connectivity index (χ2v) is 6.02. The minimum Gasteiger partial charge on any atom is -0.394 e. The van der Waals surface area contributed by atoms with E-state index >= 15 is 0 Å². The molecule has 3 heterocycles. The van der Waals surface area contributed by atoms with Gasteiger partial charge in [0.1, 0.15) is 28.7 Å². The highest BCUT2D eigenvalue weighted by atomic mass is 32.2. The largest absolute Gasteiger partial charge is 0.394 e. The number of aromatic nitrogens is 3. The van der Waals surface area contributed by atoms with Gasteiger partial charge >= 0.3 is 0 Å². The van der Waals surface area contributed by atoms with Gasteiger partial charge in [-0.1, -0.05) is 0 Å². The minimum atomic E-state index is -1.55. The SMILES string of the molecule is CSc1ncn(C2OC(CO)C(O)[C@@]2(C)O)c2nccc1-2. The zero-order valence-electron chi connectivity index (χ0n) is 11.7. The quantitative estimate of drug-likeness (QED) is 0.546. The van der Waals surface area contributed by atoms with E-state index in [1.165, 1.54) is 25.0 Å². The number of aliphatic hydroxyl groups excluding tert-OH is 2. The Morgan fingerprint density at radius 1 is 1.48 bits per heavy atom. The molecular formula is C13H17N3O4S. The Kier molecular flexibility index (Phi) is 3.66. The van der Waals surface area contributed by atoms with Crippen LogP contribution in [0.4, 0.5) is 0 Å². The fourth-order valence-corrected chi connectivity index (χ4v) is 3.19. The smallest absolute Gasteiger partial charge is 0.168 e. The van der Waals surface area contributed by atoms with Gasteiger partial charge in [-0.05, 0) is 19.2 Å². The van der Waals surface area contributed by atoms with Crippen LogP contribution >= 0.6 is 11.8 Å². The summed E-state index contributed by atoms with van der Waals surface area (Å²) in [6, 6.07) is 1.84. The number of rotatable bonds is 3. The van der Waals surface area contributed by atoms with Crippen LogP contribution in [0.3, 0.4) is 0 Å². The van der Waals surface area contributed by atoms with Crippen LogP contribution in [0, 0.1) is 0 Å². The molecule has 1 saturated heterocycles. The van der Waals surface area contributed by atoms with Crippen molar-refractivity contribution in [1.82, 2.24) is 14.5 Å². The first-order valence-corrected chi connectivity index (χ1v) is 7.75.